The van der Waals surface area contributed by atoms with Crippen LogP contribution in [0.3, 0.4) is 0 Å². The number of sulfonamides is 1. The van der Waals surface area contributed by atoms with Crippen molar-refractivity contribution in [1.82, 2.24) is 9.62 Å². The molecule has 0 radical (unpaired) electrons. The zero-order valence-electron chi connectivity index (χ0n) is 14.0. The lowest BCUT2D eigenvalue weighted by atomic mass is 10.2. The van der Waals surface area contributed by atoms with Gasteiger partial charge in [-0.25, -0.2) is 8.42 Å². The van der Waals surface area contributed by atoms with Crippen molar-refractivity contribution in [2.75, 3.05) is 26.2 Å². The summed E-state index contributed by atoms with van der Waals surface area (Å²) in [6.07, 6.45) is 2.11. The van der Waals surface area contributed by atoms with Crippen LogP contribution in [0.5, 0.6) is 0 Å². The zero-order valence-corrected chi connectivity index (χ0v) is 16.3. The Kier molecular flexibility index (Phi) is 5.60. The molecule has 6 nitrogen and oxygen atoms in total. The summed E-state index contributed by atoms with van der Waals surface area (Å²) in [5.41, 5.74) is 0. The minimum Gasteiger partial charge on any atom is -0.348 e. The number of amides is 1. The number of benzene rings is 1. The maximum atomic E-state index is 12.9. The molecule has 9 heteroatoms. The second-order valence-corrected chi connectivity index (χ2v) is 9.31. The molecule has 1 aliphatic heterocycles. The summed E-state index contributed by atoms with van der Waals surface area (Å²) in [5, 5.41) is 3.26. The number of nitrogens with zero attached hydrogens (tertiary/aromatic N) is 1. The molecule has 0 spiro atoms. The number of carbonyl (C=O) groups excluding carboxylic acids is 1. The Morgan fingerprint density at radius 1 is 1.24 bits per heavy atom. The summed E-state index contributed by atoms with van der Waals surface area (Å²) < 4.78 is 27.1. The van der Waals surface area contributed by atoms with Crippen LogP contribution >= 0.6 is 23.2 Å². The number of quaternary nitrogens is 1. The van der Waals surface area contributed by atoms with Gasteiger partial charge in [-0.3, -0.25) is 4.79 Å². The maximum Gasteiger partial charge on any atom is 0.278 e. The van der Waals surface area contributed by atoms with Crippen LogP contribution in [-0.4, -0.2) is 56.9 Å². The molecule has 1 amide bonds. The van der Waals surface area contributed by atoms with Gasteiger partial charge < -0.3 is 10.2 Å². The van der Waals surface area contributed by atoms with Gasteiger partial charge in [0.05, 0.1) is 36.2 Å². The third kappa shape index (κ3) is 4.11. The molecule has 138 valence electrons. The largest absolute Gasteiger partial charge is 0.348 e. The Balaban J connectivity index is 1.66. The van der Waals surface area contributed by atoms with E-state index in [0.717, 1.165) is 17.7 Å². The summed E-state index contributed by atoms with van der Waals surface area (Å²) in [6.45, 7) is 3.70. The number of carbonyl (C=O) groups is 1. The molecule has 1 heterocycles. The summed E-state index contributed by atoms with van der Waals surface area (Å²) in [7, 11) is -3.75. The molecule has 1 atom stereocenters. The fourth-order valence-electron chi connectivity index (χ4n) is 3.04. The van der Waals surface area contributed by atoms with Crippen LogP contribution in [-0.2, 0) is 14.8 Å². The zero-order chi connectivity index (χ0) is 18.2. The van der Waals surface area contributed by atoms with Crippen LogP contribution in [0.1, 0.15) is 19.8 Å². The number of rotatable bonds is 5. The highest BCUT2D eigenvalue weighted by Gasteiger charge is 2.37. The van der Waals surface area contributed by atoms with E-state index in [4.69, 9.17) is 23.2 Å². The van der Waals surface area contributed by atoms with Crippen LogP contribution in [0, 0.1) is 0 Å². The SMILES string of the molecule is C[C@@H](C(=O)NC1CC1)[NH+]1CCN(S(=O)(=O)c2c(Cl)cccc2Cl)CC1. The highest BCUT2D eigenvalue weighted by Crippen LogP contribution is 2.31. The highest BCUT2D eigenvalue weighted by atomic mass is 35.5. The number of halogens is 2. The normalized spacial score (nSPS) is 21.1. The Labute approximate surface area is 158 Å². The van der Waals surface area contributed by atoms with E-state index in [1.807, 2.05) is 6.92 Å². The third-order valence-corrected chi connectivity index (χ3v) is 7.67. The third-order valence-electron chi connectivity index (χ3n) is 4.81. The van der Waals surface area contributed by atoms with Gasteiger partial charge in [0, 0.05) is 6.04 Å². The minimum atomic E-state index is -3.75. The lowest BCUT2D eigenvalue weighted by molar-refractivity contribution is -0.917. The van der Waals surface area contributed by atoms with Crippen molar-refractivity contribution in [1.29, 1.82) is 0 Å². The first-order chi connectivity index (χ1) is 11.8. The molecule has 1 saturated carbocycles. The molecule has 2 N–H and O–H groups in total. The van der Waals surface area contributed by atoms with Gasteiger partial charge in [-0.05, 0) is 31.9 Å². The summed E-state index contributed by atoms with van der Waals surface area (Å²) >= 11 is 12.1. The van der Waals surface area contributed by atoms with Gasteiger partial charge in [-0.15, -0.1) is 0 Å². The van der Waals surface area contributed by atoms with Gasteiger partial charge >= 0.3 is 0 Å². The second-order valence-electron chi connectivity index (χ2n) is 6.62. The van der Waals surface area contributed by atoms with Crippen LogP contribution in [0.2, 0.25) is 10.0 Å². The molecule has 1 aromatic rings. The average molecular weight is 407 g/mol. The Morgan fingerprint density at radius 3 is 2.32 bits per heavy atom. The number of hydrogen-bond acceptors (Lipinski definition) is 3. The predicted octanol–water partition coefficient (Wildman–Crippen LogP) is 0.550. The number of piperazine rings is 1. The molecule has 0 unspecified atom stereocenters. The molecule has 2 fully saturated rings. The first kappa shape index (κ1) is 18.9. The molecule has 1 aliphatic carbocycles. The van der Waals surface area contributed by atoms with Gasteiger partial charge in [0.2, 0.25) is 10.0 Å². The average Bonchev–Trinajstić information content (AvgIpc) is 3.38. The smallest absolute Gasteiger partial charge is 0.278 e. The fraction of sp³-hybridized carbons (Fsp3) is 0.562. The van der Waals surface area contributed by atoms with Gasteiger partial charge in [-0.1, -0.05) is 29.3 Å². The van der Waals surface area contributed by atoms with Crippen LogP contribution < -0.4 is 10.2 Å². The Morgan fingerprint density at radius 2 is 1.80 bits per heavy atom. The van der Waals surface area contributed by atoms with E-state index in [1.54, 1.807) is 6.07 Å². The van der Waals surface area contributed by atoms with Crippen molar-refractivity contribution in [2.24, 2.45) is 0 Å². The molecular weight excluding hydrogens is 385 g/mol. The van der Waals surface area contributed by atoms with Crippen molar-refractivity contribution in [3.63, 3.8) is 0 Å². The van der Waals surface area contributed by atoms with E-state index in [2.05, 4.69) is 5.32 Å². The molecule has 2 aliphatic rings. The highest BCUT2D eigenvalue weighted by molar-refractivity contribution is 7.89. The van der Waals surface area contributed by atoms with E-state index in [1.165, 1.54) is 16.4 Å². The first-order valence-electron chi connectivity index (χ1n) is 8.40. The van der Waals surface area contributed by atoms with Gasteiger partial charge in [0.1, 0.15) is 4.90 Å². The fourth-order valence-corrected chi connectivity index (χ4v) is 5.58. The van der Waals surface area contributed by atoms with Crippen molar-refractivity contribution >= 4 is 39.1 Å². The number of hydrogen-bond donors (Lipinski definition) is 2. The van der Waals surface area contributed by atoms with Gasteiger partial charge in [0.15, 0.2) is 6.04 Å². The molecule has 1 saturated heterocycles. The van der Waals surface area contributed by atoms with Gasteiger partial charge in [-0.2, -0.15) is 4.31 Å². The first-order valence-corrected chi connectivity index (χ1v) is 10.6. The van der Waals surface area contributed by atoms with E-state index in [-0.39, 0.29) is 26.9 Å². The van der Waals surface area contributed by atoms with Crippen molar-refractivity contribution in [3.05, 3.63) is 28.2 Å². The summed E-state index contributed by atoms with van der Waals surface area (Å²) in [6, 6.07) is 4.80. The van der Waals surface area contributed by atoms with E-state index in [0.29, 0.717) is 32.2 Å². The van der Waals surface area contributed by atoms with Crippen LogP contribution in [0.25, 0.3) is 0 Å². The van der Waals surface area contributed by atoms with Gasteiger partial charge in [0.25, 0.3) is 5.91 Å². The molecule has 1 aromatic carbocycles. The van der Waals surface area contributed by atoms with E-state index < -0.39 is 10.0 Å². The Hall–Kier alpha value is -0.860. The van der Waals surface area contributed by atoms with Crippen molar-refractivity contribution in [2.45, 2.75) is 36.7 Å². The van der Waals surface area contributed by atoms with Crippen LogP contribution in [0.15, 0.2) is 23.1 Å². The quantitative estimate of drug-likeness (QED) is 0.749. The van der Waals surface area contributed by atoms with Crippen molar-refractivity contribution < 1.29 is 18.1 Å². The summed E-state index contributed by atoms with van der Waals surface area (Å²) in [5.74, 6) is 0.0444. The summed E-state index contributed by atoms with van der Waals surface area (Å²) in [4.78, 5) is 13.2. The second kappa shape index (κ2) is 7.40. The van der Waals surface area contributed by atoms with E-state index in [9.17, 15) is 13.2 Å². The predicted molar refractivity (Wildman–Crippen MR) is 96.5 cm³/mol. The molecule has 0 aromatic heterocycles. The molecule has 3 rings (SSSR count). The molecular formula is C16H22Cl2N3O3S+. The molecule has 25 heavy (non-hydrogen) atoms. The van der Waals surface area contributed by atoms with Crippen LogP contribution in [0.4, 0.5) is 0 Å². The molecule has 0 bridgehead atoms. The topological polar surface area (TPSA) is 70.9 Å². The standard InChI is InChI=1S/C16H21Cl2N3O3S/c1-11(16(22)19-12-5-6-12)20-7-9-21(10-8-20)25(23,24)15-13(17)3-2-4-14(15)18/h2-4,11-12H,5-10H2,1H3,(H,19,22)/p+1/t11-/m0/s1. The van der Waals surface area contributed by atoms with Crippen molar-refractivity contribution in [3.8, 4) is 0 Å². The van der Waals surface area contributed by atoms with E-state index >= 15 is 0 Å². The maximum absolute atomic E-state index is 12.9. The monoisotopic (exact) mass is 406 g/mol. The number of nitrogens with one attached hydrogen (secondary N) is 2. The lowest BCUT2D eigenvalue weighted by Crippen LogP contribution is -3.19. The lowest BCUT2D eigenvalue weighted by Gasteiger charge is -2.34. The Bertz CT molecular complexity index is 740. The minimum absolute atomic E-state index is 0.0405.